The number of carbonyl (C=O) groups is 1. The minimum atomic E-state index is -0.379. The molecule has 0 aliphatic rings. The van der Waals surface area contributed by atoms with Crippen molar-refractivity contribution >= 4 is 21.9 Å². The fourth-order valence-corrected chi connectivity index (χ4v) is 1.37. The third-order valence-corrected chi connectivity index (χ3v) is 2.18. The number of halogens is 1. The van der Waals surface area contributed by atoms with Gasteiger partial charge < -0.3 is 10.2 Å². The molecule has 0 atom stereocenters. The summed E-state index contributed by atoms with van der Waals surface area (Å²) >= 11 is 3.22. The van der Waals surface area contributed by atoms with E-state index in [1.165, 1.54) is 11.0 Å². The Morgan fingerprint density at radius 3 is 3.00 bits per heavy atom. The molecule has 1 N–H and O–H groups in total. The molecule has 1 rings (SSSR count). The predicted octanol–water partition coefficient (Wildman–Crippen LogP) is 0.996. The molecule has 1 aromatic rings. The second-order valence-corrected chi connectivity index (χ2v) is 2.96. The summed E-state index contributed by atoms with van der Waals surface area (Å²) in [4.78, 5) is 12.7. The van der Waals surface area contributed by atoms with Gasteiger partial charge in [0, 0.05) is 7.05 Å². The van der Waals surface area contributed by atoms with Crippen molar-refractivity contribution in [2.24, 2.45) is 0 Å². The molecule has 0 aliphatic heterocycles. The number of nitrogens with zero attached hydrogens (tertiary/aromatic N) is 2. The van der Waals surface area contributed by atoms with Crippen LogP contribution in [0, 0.1) is 0 Å². The number of aromatic nitrogens is 2. The largest absolute Gasteiger partial charge is 0.462 e. The van der Waals surface area contributed by atoms with Crippen LogP contribution in [0.15, 0.2) is 10.8 Å². The zero-order valence-corrected chi connectivity index (χ0v) is 8.96. The third-order valence-electron chi connectivity index (χ3n) is 1.42. The molecular formula is C7H10BrN3O2. The molecule has 72 valence electrons. The van der Waals surface area contributed by atoms with Crippen molar-refractivity contribution in [3.63, 3.8) is 0 Å². The third kappa shape index (κ3) is 2.00. The topological polar surface area (TPSA) is 56.1 Å². The van der Waals surface area contributed by atoms with Crippen LogP contribution in [-0.2, 0) is 4.74 Å². The standard InChI is InChI=1S/C7H10BrN3O2/c1-3-13-7(12)5-4-10-11(9-2)6(5)8/h4,9H,3H2,1-2H3. The molecule has 0 amide bonds. The van der Waals surface area contributed by atoms with E-state index in [0.29, 0.717) is 16.8 Å². The smallest absolute Gasteiger partial charge is 0.342 e. The number of esters is 1. The molecule has 1 aromatic heterocycles. The first-order valence-corrected chi connectivity index (χ1v) is 4.58. The molecule has 5 nitrogen and oxygen atoms in total. The average Bonchev–Trinajstić information content (AvgIpc) is 2.47. The Morgan fingerprint density at radius 2 is 2.54 bits per heavy atom. The number of ether oxygens (including phenoxy) is 1. The maximum Gasteiger partial charge on any atom is 0.342 e. The van der Waals surface area contributed by atoms with Crippen molar-refractivity contribution in [3.8, 4) is 0 Å². The van der Waals surface area contributed by atoms with Crippen molar-refractivity contribution in [3.05, 3.63) is 16.4 Å². The van der Waals surface area contributed by atoms with Crippen molar-refractivity contribution in [2.75, 3.05) is 19.1 Å². The summed E-state index contributed by atoms with van der Waals surface area (Å²) in [6.45, 7) is 2.12. The van der Waals surface area contributed by atoms with Crippen molar-refractivity contribution in [1.82, 2.24) is 9.89 Å². The molecule has 0 radical (unpaired) electrons. The van der Waals surface area contributed by atoms with Gasteiger partial charge in [0.05, 0.1) is 12.8 Å². The Hall–Kier alpha value is -1.04. The highest BCUT2D eigenvalue weighted by Gasteiger charge is 2.15. The van der Waals surface area contributed by atoms with Crippen LogP contribution < -0.4 is 5.43 Å². The minimum Gasteiger partial charge on any atom is -0.462 e. The fourth-order valence-electron chi connectivity index (χ4n) is 0.835. The van der Waals surface area contributed by atoms with Crippen molar-refractivity contribution < 1.29 is 9.53 Å². The van der Waals surface area contributed by atoms with E-state index in [9.17, 15) is 4.79 Å². The van der Waals surface area contributed by atoms with E-state index < -0.39 is 0 Å². The monoisotopic (exact) mass is 247 g/mol. The fraction of sp³-hybridized carbons (Fsp3) is 0.429. The number of nitrogens with one attached hydrogen (secondary N) is 1. The lowest BCUT2D eigenvalue weighted by Gasteiger charge is -2.01. The minimum absolute atomic E-state index is 0.357. The van der Waals surface area contributed by atoms with Gasteiger partial charge in [-0.2, -0.15) is 9.89 Å². The van der Waals surface area contributed by atoms with E-state index in [1.807, 2.05) is 0 Å². The second-order valence-electron chi connectivity index (χ2n) is 2.20. The van der Waals surface area contributed by atoms with Gasteiger partial charge in [-0.15, -0.1) is 0 Å². The molecule has 0 spiro atoms. The van der Waals surface area contributed by atoms with Gasteiger partial charge in [0.25, 0.3) is 0 Å². The van der Waals surface area contributed by atoms with Crippen LogP contribution >= 0.6 is 15.9 Å². The summed E-state index contributed by atoms with van der Waals surface area (Å²) in [6.07, 6.45) is 1.44. The number of carbonyl (C=O) groups excluding carboxylic acids is 1. The Labute approximate surface area is 84.2 Å². The first-order chi connectivity index (χ1) is 6.20. The normalized spacial score (nSPS) is 9.77. The van der Waals surface area contributed by atoms with Crippen LogP contribution in [0.25, 0.3) is 0 Å². The quantitative estimate of drug-likeness (QED) is 0.810. The summed E-state index contributed by atoms with van der Waals surface area (Å²) in [5, 5.41) is 3.90. The van der Waals surface area contributed by atoms with Gasteiger partial charge >= 0.3 is 5.97 Å². The van der Waals surface area contributed by atoms with Crippen LogP contribution in [0.5, 0.6) is 0 Å². The lowest BCUT2D eigenvalue weighted by atomic mass is 10.4. The zero-order chi connectivity index (χ0) is 9.84. The van der Waals surface area contributed by atoms with Crippen molar-refractivity contribution in [2.45, 2.75) is 6.92 Å². The van der Waals surface area contributed by atoms with E-state index in [-0.39, 0.29) is 5.97 Å². The highest BCUT2D eigenvalue weighted by Crippen LogP contribution is 2.15. The molecule has 0 unspecified atom stereocenters. The molecule has 0 aromatic carbocycles. The molecule has 13 heavy (non-hydrogen) atoms. The van der Waals surface area contributed by atoms with E-state index in [2.05, 4.69) is 26.5 Å². The lowest BCUT2D eigenvalue weighted by Crippen LogP contribution is -2.11. The second kappa shape index (κ2) is 4.27. The van der Waals surface area contributed by atoms with Crippen LogP contribution in [0.2, 0.25) is 0 Å². The summed E-state index contributed by atoms with van der Waals surface area (Å²) in [5.74, 6) is -0.379. The van der Waals surface area contributed by atoms with Crippen LogP contribution in [0.3, 0.4) is 0 Å². The van der Waals surface area contributed by atoms with Gasteiger partial charge in [-0.25, -0.2) is 4.79 Å². The molecule has 6 heteroatoms. The van der Waals surface area contributed by atoms with Gasteiger partial charge in [-0.05, 0) is 22.9 Å². The molecule has 1 heterocycles. The highest BCUT2D eigenvalue weighted by atomic mass is 79.9. The molecule has 0 bridgehead atoms. The highest BCUT2D eigenvalue weighted by molar-refractivity contribution is 9.10. The number of hydrogen-bond acceptors (Lipinski definition) is 4. The van der Waals surface area contributed by atoms with Gasteiger partial charge in [-0.3, -0.25) is 0 Å². The SMILES string of the molecule is CCOC(=O)c1cnn(NC)c1Br. The van der Waals surface area contributed by atoms with Crippen molar-refractivity contribution in [1.29, 1.82) is 0 Å². The number of rotatable bonds is 3. The molecule has 0 saturated carbocycles. The van der Waals surface area contributed by atoms with E-state index in [4.69, 9.17) is 4.74 Å². The van der Waals surface area contributed by atoms with E-state index in [1.54, 1.807) is 14.0 Å². The van der Waals surface area contributed by atoms with Gasteiger partial charge in [-0.1, -0.05) is 0 Å². The summed E-state index contributed by atoms with van der Waals surface area (Å²) in [5.41, 5.74) is 3.18. The first-order valence-electron chi connectivity index (χ1n) is 3.79. The van der Waals surface area contributed by atoms with E-state index >= 15 is 0 Å². The molecule has 0 fully saturated rings. The number of hydrogen-bond donors (Lipinski definition) is 1. The zero-order valence-electron chi connectivity index (χ0n) is 7.37. The Morgan fingerprint density at radius 1 is 1.85 bits per heavy atom. The summed E-state index contributed by atoms with van der Waals surface area (Å²) in [6, 6.07) is 0. The van der Waals surface area contributed by atoms with Crippen LogP contribution in [0.1, 0.15) is 17.3 Å². The Kier molecular flexibility index (Phi) is 3.30. The maximum atomic E-state index is 11.3. The average molecular weight is 248 g/mol. The summed E-state index contributed by atoms with van der Waals surface area (Å²) in [7, 11) is 1.70. The Balaban J connectivity index is 2.89. The van der Waals surface area contributed by atoms with Gasteiger partial charge in [0.15, 0.2) is 0 Å². The summed E-state index contributed by atoms with van der Waals surface area (Å²) < 4.78 is 5.38. The lowest BCUT2D eigenvalue weighted by molar-refractivity contribution is 0.0525. The Bertz CT molecular complexity index is 311. The predicted molar refractivity (Wildman–Crippen MR) is 51.2 cm³/mol. The molecule has 0 saturated heterocycles. The molecular weight excluding hydrogens is 238 g/mol. The molecule has 0 aliphatic carbocycles. The first kappa shape index (κ1) is 10.0. The van der Waals surface area contributed by atoms with Crippen LogP contribution in [-0.4, -0.2) is 29.5 Å². The van der Waals surface area contributed by atoms with Crippen LogP contribution in [0.4, 0.5) is 0 Å². The maximum absolute atomic E-state index is 11.3. The van der Waals surface area contributed by atoms with Gasteiger partial charge in [0.1, 0.15) is 10.2 Å². The van der Waals surface area contributed by atoms with E-state index in [0.717, 1.165) is 0 Å². The van der Waals surface area contributed by atoms with Gasteiger partial charge in [0.2, 0.25) is 0 Å².